The maximum absolute atomic E-state index is 11.3. The number of carbonyl (C=O) groups excluding carboxylic acids is 1. The van der Waals surface area contributed by atoms with Crippen molar-refractivity contribution in [2.75, 3.05) is 25.8 Å². The van der Waals surface area contributed by atoms with Crippen LogP contribution in [-0.4, -0.2) is 41.4 Å². The lowest BCUT2D eigenvalue weighted by Crippen LogP contribution is -2.26. The molecule has 0 fully saturated rings. The second kappa shape index (κ2) is 4.73. The molecule has 2 nitrogen and oxygen atoms in total. The van der Waals surface area contributed by atoms with Crippen LogP contribution in [0.15, 0.2) is 36.1 Å². The summed E-state index contributed by atoms with van der Waals surface area (Å²) in [6, 6.07) is 0. The van der Waals surface area contributed by atoms with Gasteiger partial charge >= 0.3 is 0 Å². The number of carbonyl (C=O) groups is 1. The van der Waals surface area contributed by atoms with E-state index >= 15 is 0 Å². The van der Waals surface area contributed by atoms with Crippen molar-refractivity contribution in [2.24, 2.45) is 0 Å². The molecule has 0 bridgehead atoms. The van der Waals surface area contributed by atoms with Crippen molar-refractivity contribution in [2.45, 2.75) is 18.6 Å². The van der Waals surface area contributed by atoms with Crippen molar-refractivity contribution in [3.8, 4) is 0 Å². The summed E-state index contributed by atoms with van der Waals surface area (Å²) >= 11 is 0. The van der Waals surface area contributed by atoms with Gasteiger partial charge in [-0.2, -0.15) is 0 Å². The van der Waals surface area contributed by atoms with Gasteiger partial charge in [-0.1, -0.05) is 18.2 Å². The Kier molecular flexibility index (Phi) is 3.92. The minimum atomic E-state index is -0.729. The zero-order valence-corrected chi connectivity index (χ0v) is 12.5. The average Bonchev–Trinajstić information content (AvgIpc) is 2.39. The van der Waals surface area contributed by atoms with Crippen LogP contribution in [-0.2, 0) is 4.79 Å². The van der Waals surface area contributed by atoms with Crippen LogP contribution >= 0.6 is 10.0 Å². The summed E-state index contributed by atoms with van der Waals surface area (Å²) < 4.78 is 0.0862. The molecule has 1 aliphatic carbocycles. The lowest BCUT2D eigenvalue weighted by atomic mass is 10.1. The second-order valence-electron chi connectivity index (χ2n) is 5.38. The summed E-state index contributed by atoms with van der Waals surface area (Å²) in [4.78, 5) is 13.0. The highest BCUT2D eigenvalue weighted by Crippen LogP contribution is 2.52. The zero-order chi connectivity index (χ0) is 13.3. The van der Waals surface area contributed by atoms with Gasteiger partial charge in [0.1, 0.15) is 0 Å². The zero-order valence-electron chi connectivity index (χ0n) is 11.7. The first kappa shape index (κ1) is 14.1. The standard InChI is InChI=1S/C14H23NOS/c1-12(16)15(3)13-8-7-10-14(2,11-9-13)17(4,5)6/h7-11H,1-6H3. The van der Waals surface area contributed by atoms with Gasteiger partial charge in [-0.05, 0) is 37.8 Å². The molecule has 96 valence electrons. The van der Waals surface area contributed by atoms with Gasteiger partial charge in [-0.25, -0.2) is 10.0 Å². The third-order valence-corrected chi connectivity index (χ3v) is 6.37. The number of nitrogens with zero attached hydrogens (tertiary/aromatic N) is 1. The number of hydrogen-bond donors (Lipinski definition) is 0. The fraction of sp³-hybridized carbons (Fsp3) is 0.500. The van der Waals surface area contributed by atoms with E-state index in [1.807, 2.05) is 6.08 Å². The number of amides is 1. The summed E-state index contributed by atoms with van der Waals surface area (Å²) in [5.41, 5.74) is 0.945. The quantitative estimate of drug-likeness (QED) is 0.741. The summed E-state index contributed by atoms with van der Waals surface area (Å²) in [7, 11) is 1.08. The van der Waals surface area contributed by atoms with Gasteiger partial charge in [0.25, 0.3) is 0 Å². The molecule has 0 heterocycles. The van der Waals surface area contributed by atoms with Gasteiger partial charge in [-0.3, -0.25) is 4.79 Å². The van der Waals surface area contributed by atoms with E-state index in [0.29, 0.717) is 0 Å². The first-order valence-corrected chi connectivity index (χ1v) is 8.54. The van der Waals surface area contributed by atoms with Gasteiger partial charge in [0, 0.05) is 24.4 Å². The number of likely N-dealkylation sites (N-methyl/N-ethyl adjacent to an activating group) is 1. The van der Waals surface area contributed by atoms with Gasteiger partial charge in [0.15, 0.2) is 0 Å². The Labute approximate surface area is 106 Å². The molecule has 0 spiro atoms. The fourth-order valence-corrected chi connectivity index (χ4v) is 2.48. The molecular weight excluding hydrogens is 230 g/mol. The van der Waals surface area contributed by atoms with E-state index in [-0.39, 0.29) is 10.7 Å². The molecule has 17 heavy (non-hydrogen) atoms. The van der Waals surface area contributed by atoms with E-state index in [2.05, 4.69) is 50.0 Å². The number of hydrogen-bond acceptors (Lipinski definition) is 1. The lowest BCUT2D eigenvalue weighted by Gasteiger charge is -2.42. The Balaban J connectivity index is 3.03. The van der Waals surface area contributed by atoms with Crippen LogP contribution in [0.1, 0.15) is 13.8 Å². The molecule has 1 atom stereocenters. The Bertz CT molecular complexity index is 401. The largest absolute Gasteiger partial charge is 0.316 e. The normalized spacial score (nSPS) is 25.2. The molecule has 1 rings (SSSR count). The monoisotopic (exact) mass is 253 g/mol. The predicted octanol–water partition coefficient (Wildman–Crippen LogP) is 2.93. The third-order valence-electron chi connectivity index (χ3n) is 3.46. The van der Waals surface area contributed by atoms with Crippen molar-refractivity contribution in [3.05, 3.63) is 36.1 Å². The topological polar surface area (TPSA) is 20.3 Å². The SMILES string of the molecule is CC(=O)N(C)C1=CC=CC(C)(S(C)(C)C)C=C1. The molecular formula is C14H23NOS. The first-order chi connectivity index (χ1) is 7.67. The van der Waals surface area contributed by atoms with Crippen LogP contribution in [0.2, 0.25) is 0 Å². The van der Waals surface area contributed by atoms with E-state index in [0.717, 1.165) is 5.70 Å². The minimum absolute atomic E-state index is 0.0565. The van der Waals surface area contributed by atoms with Crippen molar-refractivity contribution in [3.63, 3.8) is 0 Å². The summed E-state index contributed by atoms with van der Waals surface area (Å²) in [5, 5.41) is 0. The highest BCUT2D eigenvalue weighted by Gasteiger charge is 2.29. The Morgan fingerprint density at radius 2 is 1.88 bits per heavy atom. The molecule has 3 heteroatoms. The van der Waals surface area contributed by atoms with E-state index < -0.39 is 10.0 Å². The first-order valence-electron chi connectivity index (χ1n) is 5.68. The van der Waals surface area contributed by atoms with Crippen LogP contribution in [0.5, 0.6) is 0 Å². The molecule has 1 aliphatic rings. The molecule has 0 saturated carbocycles. The highest BCUT2D eigenvalue weighted by molar-refractivity contribution is 8.33. The smallest absolute Gasteiger partial charge is 0.223 e. The van der Waals surface area contributed by atoms with Crippen LogP contribution < -0.4 is 0 Å². The van der Waals surface area contributed by atoms with Gasteiger partial charge in [0.2, 0.25) is 5.91 Å². The van der Waals surface area contributed by atoms with E-state index in [1.165, 1.54) is 0 Å². The molecule has 0 saturated heterocycles. The van der Waals surface area contributed by atoms with Gasteiger partial charge in [-0.15, -0.1) is 0 Å². The number of rotatable bonds is 2. The molecule has 0 radical (unpaired) electrons. The second-order valence-corrected chi connectivity index (χ2v) is 9.94. The molecule has 0 aromatic heterocycles. The molecule has 1 amide bonds. The maximum atomic E-state index is 11.3. The van der Waals surface area contributed by atoms with E-state index in [4.69, 9.17) is 0 Å². The maximum Gasteiger partial charge on any atom is 0.223 e. The predicted molar refractivity (Wildman–Crippen MR) is 78.6 cm³/mol. The van der Waals surface area contributed by atoms with E-state index in [1.54, 1.807) is 18.9 Å². The van der Waals surface area contributed by atoms with Crippen LogP contribution in [0, 0.1) is 0 Å². The number of allylic oxidation sites excluding steroid dienone is 3. The van der Waals surface area contributed by atoms with Gasteiger partial charge in [0.05, 0.1) is 0 Å². The van der Waals surface area contributed by atoms with Crippen LogP contribution in [0.4, 0.5) is 0 Å². The average molecular weight is 253 g/mol. The highest BCUT2D eigenvalue weighted by atomic mass is 32.3. The molecule has 1 unspecified atom stereocenters. The minimum Gasteiger partial charge on any atom is -0.316 e. The van der Waals surface area contributed by atoms with Crippen molar-refractivity contribution < 1.29 is 4.79 Å². The lowest BCUT2D eigenvalue weighted by molar-refractivity contribution is -0.125. The third kappa shape index (κ3) is 3.03. The summed E-state index contributed by atoms with van der Waals surface area (Å²) in [6.07, 6.45) is 17.5. The summed E-state index contributed by atoms with van der Waals surface area (Å²) in [5.74, 6) is 0.0565. The molecule has 0 aromatic carbocycles. The van der Waals surface area contributed by atoms with Crippen LogP contribution in [0.3, 0.4) is 0 Å². The van der Waals surface area contributed by atoms with Crippen molar-refractivity contribution in [1.29, 1.82) is 0 Å². The van der Waals surface area contributed by atoms with Crippen molar-refractivity contribution in [1.82, 2.24) is 4.90 Å². The fourth-order valence-electron chi connectivity index (χ4n) is 1.51. The summed E-state index contributed by atoms with van der Waals surface area (Å²) in [6.45, 7) is 3.83. The Morgan fingerprint density at radius 3 is 2.35 bits per heavy atom. The van der Waals surface area contributed by atoms with Gasteiger partial charge < -0.3 is 4.90 Å². The molecule has 0 N–H and O–H groups in total. The Hall–Kier alpha value is -0.960. The van der Waals surface area contributed by atoms with E-state index in [9.17, 15) is 4.79 Å². The van der Waals surface area contributed by atoms with Crippen molar-refractivity contribution >= 4 is 15.9 Å². The molecule has 0 aliphatic heterocycles. The van der Waals surface area contributed by atoms with Crippen LogP contribution in [0.25, 0.3) is 0 Å². The molecule has 0 aromatic rings. The Morgan fingerprint density at radius 1 is 1.29 bits per heavy atom.